The van der Waals surface area contributed by atoms with Crippen LogP contribution in [0.5, 0.6) is 11.5 Å². The van der Waals surface area contributed by atoms with E-state index in [2.05, 4.69) is 5.32 Å². The molecule has 0 atom stereocenters. The highest BCUT2D eigenvalue weighted by molar-refractivity contribution is 5.94. The molecule has 4 saturated carbocycles. The summed E-state index contributed by atoms with van der Waals surface area (Å²) in [6.07, 6.45) is 7.71. The summed E-state index contributed by atoms with van der Waals surface area (Å²) in [5, 5.41) is 21.9. The fraction of sp³-hybridized carbons (Fsp3) is 0.600. The van der Waals surface area contributed by atoms with Gasteiger partial charge in [-0.2, -0.15) is 0 Å². The van der Waals surface area contributed by atoms with E-state index in [0.717, 1.165) is 23.8 Å². The largest absolute Gasteiger partial charge is 0.508 e. The molecule has 6 heteroatoms. The first-order valence-electron chi connectivity index (χ1n) is 9.38. The smallest absolute Gasteiger partial charge is 0.342 e. The van der Waals surface area contributed by atoms with Crippen molar-refractivity contribution in [3.63, 3.8) is 0 Å². The third-order valence-corrected chi connectivity index (χ3v) is 6.36. The predicted molar refractivity (Wildman–Crippen MR) is 93.7 cm³/mol. The molecule has 6 nitrogen and oxygen atoms in total. The first-order chi connectivity index (χ1) is 12.4. The van der Waals surface area contributed by atoms with Crippen LogP contribution in [0.15, 0.2) is 18.2 Å². The van der Waals surface area contributed by atoms with Gasteiger partial charge in [0.2, 0.25) is 0 Å². The highest BCUT2D eigenvalue weighted by atomic mass is 16.5. The van der Waals surface area contributed by atoms with E-state index >= 15 is 0 Å². The topological polar surface area (TPSA) is 95.9 Å². The molecule has 0 heterocycles. The van der Waals surface area contributed by atoms with Crippen LogP contribution in [0.25, 0.3) is 0 Å². The molecule has 0 radical (unpaired) electrons. The van der Waals surface area contributed by atoms with Crippen LogP contribution in [-0.2, 0) is 9.53 Å². The van der Waals surface area contributed by atoms with E-state index in [1.54, 1.807) is 0 Å². The lowest BCUT2D eigenvalue weighted by molar-refractivity contribution is -0.126. The van der Waals surface area contributed by atoms with E-state index in [-0.39, 0.29) is 35.0 Å². The summed E-state index contributed by atoms with van der Waals surface area (Å²) in [6.45, 7) is 0.295. The van der Waals surface area contributed by atoms with E-state index in [1.165, 1.54) is 50.7 Å². The van der Waals surface area contributed by atoms with Gasteiger partial charge in [-0.1, -0.05) is 0 Å². The first-order valence-corrected chi connectivity index (χ1v) is 9.38. The lowest BCUT2D eigenvalue weighted by Crippen LogP contribution is -2.51. The van der Waals surface area contributed by atoms with E-state index in [1.807, 2.05) is 0 Å². The molecule has 0 aliphatic heterocycles. The lowest BCUT2D eigenvalue weighted by Gasteiger charge is -2.56. The fourth-order valence-electron chi connectivity index (χ4n) is 5.75. The summed E-state index contributed by atoms with van der Waals surface area (Å²) in [6, 6.07) is 3.60. The number of esters is 1. The Morgan fingerprint density at radius 1 is 1.08 bits per heavy atom. The summed E-state index contributed by atoms with van der Waals surface area (Å²) < 4.78 is 4.99. The fourth-order valence-corrected chi connectivity index (χ4v) is 5.75. The van der Waals surface area contributed by atoms with Crippen molar-refractivity contribution in [2.24, 2.45) is 23.2 Å². The average molecular weight is 359 g/mol. The SMILES string of the molecule is O=C(COC(=O)c1ccc(O)cc1O)NCC12CC3CC(CC(C3)C1)C2. The predicted octanol–water partition coefficient (Wildman–Crippen LogP) is 2.59. The summed E-state index contributed by atoms with van der Waals surface area (Å²) in [5.74, 6) is 0.867. The van der Waals surface area contributed by atoms with Crippen molar-refractivity contribution < 1.29 is 24.5 Å². The number of nitrogens with one attached hydrogen (secondary N) is 1. The summed E-state index contributed by atoms with van der Waals surface area (Å²) in [5.41, 5.74) is 0.167. The molecule has 5 rings (SSSR count). The van der Waals surface area contributed by atoms with Crippen LogP contribution in [0.4, 0.5) is 0 Å². The molecule has 0 saturated heterocycles. The van der Waals surface area contributed by atoms with Gasteiger partial charge in [-0.05, 0) is 73.8 Å². The maximum Gasteiger partial charge on any atom is 0.342 e. The number of phenolic OH excluding ortho intramolecular Hbond substituents is 2. The van der Waals surface area contributed by atoms with E-state index in [9.17, 15) is 19.8 Å². The summed E-state index contributed by atoms with van der Waals surface area (Å²) in [4.78, 5) is 24.1. The maximum absolute atomic E-state index is 12.1. The first kappa shape index (κ1) is 17.2. The van der Waals surface area contributed by atoms with Crippen molar-refractivity contribution in [2.45, 2.75) is 38.5 Å². The van der Waals surface area contributed by atoms with Crippen molar-refractivity contribution in [1.29, 1.82) is 0 Å². The monoisotopic (exact) mass is 359 g/mol. The Hall–Kier alpha value is -2.24. The number of aromatic hydroxyl groups is 2. The Bertz CT molecular complexity index is 694. The molecular formula is C20H25NO5. The van der Waals surface area contributed by atoms with Crippen LogP contribution in [0.1, 0.15) is 48.9 Å². The molecular weight excluding hydrogens is 334 g/mol. The molecule has 4 fully saturated rings. The van der Waals surface area contributed by atoms with Gasteiger partial charge in [-0.25, -0.2) is 4.79 Å². The van der Waals surface area contributed by atoms with Crippen LogP contribution in [0.2, 0.25) is 0 Å². The number of rotatable bonds is 5. The Morgan fingerprint density at radius 2 is 1.69 bits per heavy atom. The zero-order valence-corrected chi connectivity index (χ0v) is 14.7. The number of amides is 1. The van der Waals surface area contributed by atoms with Crippen molar-refractivity contribution in [1.82, 2.24) is 5.32 Å². The second-order valence-electron chi connectivity index (χ2n) is 8.47. The van der Waals surface area contributed by atoms with Crippen LogP contribution in [0.3, 0.4) is 0 Å². The number of benzene rings is 1. The molecule has 0 unspecified atom stereocenters. The normalized spacial score (nSPS) is 31.6. The molecule has 26 heavy (non-hydrogen) atoms. The molecule has 4 aliphatic rings. The number of hydrogen-bond donors (Lipinski definition) is 3. The molecule has 1 amide bonds. The number of phenols is 2. The van der Waals surface area contributed by atoms with Crippen LogP contribution < -0.4 is 5.32 Å². The molecule has 3 N–H and O–H groups in total. The molecule has 1 aromatic rings. The van der Waals surface area contributed by atoms with Gasteiger partial charge in [0.25, 0.3) is 5.91 Å². The molecule has 4 bridgehead atoms. The molecule has 140 valence electrons. The number of carbonyl (C=O) groups is 2. The van der Waals surface area contributed by atoms with Crippen LogP contribution >= 0.6 is 0 Å². The molecule has 1 aromatic carbocycles. The van der Waals surface area contributed by atoms with Crippen molar-refractivity contribution in [3.05, 3.63) is 23.8 Å². The van der Waals surface area contributed by atoms with Gasteiger partial charge in [0.05, 0.1) is 0 Å². The molecule has 4 aliphatic carbocycles. The van der Waals surface area contributed by atoms with Crippen molar-refractivity contribution in [3.8, 4) is 11.5 Å². The highest BCUT2D eigenvalue weighted by Gasteiger charge is 2.50. The van der Waals surface area contributed by atoms with Gasteiger partial charge in [0.15, 0.2) is 6.61 Å². The zero-order valence-electron chi connectivity index (χ0n) is 14.7. The standard InChI is InChI=1S/C20H25NO5/c22-15-1-2-16(17(23)6-15)19(25)26-10-18(24)21-11-20-7-12-3-13(8-20)5-14(4-12)9-20/h1-2,6,12-14,22-23H,3-5,7-11H2,(H,21,24). The highest BCUT2D eigenvalue weighted by Crippen LogP contribution is 2.59. The minimum atomic E-state index is -0.785. The van der Waals surface area contributed by atoms with Gasteiger partial charge in [-0.3, -0.25) is 4.79 Å². The summed E-state index contributed by atoms with van der Waals surface area (Å²) >= 11 is 0. The second kappa shape index (κ2) is 6.49. The van der Waals surface area contributed by atoms with E-state index in [4.69, 9.17) is 4.74 Å². The van der Waals surface area contributed by atoms with Crippen molar-refractivity contribution >= 4 is 11.9 Å². The van der Waals surface area contributed by atoms with Gasteiger partial charge >= 0.3 is 5.97 Å². The quantitative estimate of drug-likeness (QED) is 0.702. The van der Waals surface area contributed by atoms with E-state index < -0.39 is 5.97 Å². The van der Waals surface area contributed by atoms with Crippen LogP contribution in [0, 0.1) is 23.2 Å². The zero-order chi connectivity index (χ0) is 18.3. The van der Waals surface area contributed by atoms with Gasteiger partial charge in [-0.15, -0.1) is 0 Å². The van der Waals surface area contributed by atoms with Crippen LogP contribution in [-0.4, -0.2) is 35.2 Å². The Morgan fingerprint density at radius 3 is 2.27 bits per heavy atom. The minimum Gasteiger partial charge on any atom is -0.508 e. The average Bonchev–Trinajstić information content (AvgIpc) is 2.57. The Kier molecular flexibility index (Phi) is 4.29. The third kappa shape index (κ3) is 3.37. The van der Waals surface area contributed by atoms with Crippen molar-refractivity contribution in [2.75, 3.05) is 13.2 Å². The number of carbonyl (C=O) groups excluding carboxylic acids is 2. The second-order valence-corrected chi connectivity index (χ2v) is 8.47. The molecule has 0 aromatic heterocycles. The van der Waals surface area contributed by atoms with Gasteiger partial charge in [0.1, 0.15) is 17.1 Å². The lowest BCUT2D eigenvalue weighted by atomic mass is 9.49. The number of ether oxygens (including phenoxy) is 1. The Balaban J connectivity index is 1.27. The van der Waals surface area contributed by atoms with E-state index in [0.29, 0.717) is 6.54 Å². The van der Waals surface area contributed by atoms with Gasteiger partial charge < -0.3 is 20.3 Å². The summed E-state index contributed by atoms with van der Waals surface area (Å²) in [7, 11) is 0. The molecule has 0 spiro atoms. The number of hydrogen-bond acceptors (Lipinski definition) is 5. The van der Waals surface area contributed by atoms with Gasteiger partial charge in [0, 0.05) is 12.6 Å². The maximum atomic E-state index is 12.1. The minimum absolute atomic E-state index is 0.0725. The third-order valence-electron chi connectivity index (χ3n) is 6.36. The Labute approximate surface area is 152 Å².